The van der Waals surface area contributed by atoms with E-state index in [1.165, 1.54) is 18.4 Å². The number of nitrogens with zero attached hydrogens (tertiary/aromatic N) is 1. The Morgan fingerprint density at radius 3 is 2.57 bits per heavy atom. The Bertz CT molecular complexity index is 417. The summed E-state index contributed by atoms with van der Waals surface area (Å²) in [6.45, 7) is 0. The van der Waals surface area contributed by atoms with Crippen molar-refractivity contribution in [3.05, 3.63) is 54.0 Å². The van der Waals surface area contributed by atoms with Crippen molar-refractivity contribution in [2.24, 2.45) is 0 Å². The van der Waals surface area contributed by atoms with Gasteiger partial charge in [-0.3, -0.25) is 0 Å². The van der Waals surface area contributed by atoms with E-state index in [1.807, 2.05) is 6.08 Å². The summed E-state index contributed by atoms with van der Waals surface area (Å²) >= 11 is 0. The number of benzene rings is 1. The van der Waals surface area contributed by atoms with E-state index in [-0.39, 0.29) is 5.82 Å². The zero-order chi connectivity index (χ0) is 9.80. The molecule has 2 aromatic rings. The average Bonchev–Trinajstić information content (AvgIpc) is 2.70. The molecule has 0 aliphatic carbocycles. The first-order valence-corrected chi connectivity index (χ1v) is 4.18. The van der Waals surface area contributed by atoms with Gasteiger partial charge in [0, 0.05) is 6.08 Å². The normalized spacial score (nSPS) is 10.9. The van der Waals surface area contributed by atoms with Gasteiger partial charge in [-0.05, 0) is 23.8 Å². The first kappa shape index (κ1) is 8.69. The second-order valence-electron chi connectivity index (χ2n) is 2.76. The third-order valence-electron chi connectivity index (χ3n) is 1.74. The minimum Gasteiger partial charge on any atom is -0.445 e. The summed E-state index contributed by atoms with van der Waals surface area (Å²) in [5.74, 6) is 0.299. The number of halogens is 1. The molecule has 2 nitrogen and oxygen atoms in total. The van der Waals surface area contributed by atoms with Crippen LogP contribution in [0.1, 0.15) is 11.5 Å². The molecule has 0 radical (unpaired) electrons. The highest BCUT2D eigenvalue weighted by Crippen LogP contribution is 2.07. The lowest BCUT2D eigenvalue weighted by Gasteiger charge is -1.91. The molecule has 0 fully saturated rings. The predicted octanol–water partition coefficient (Wildman–Crippen LogP) is 2.98. The molecule has 0 saturated heterocycles. The van der Waals surface area contributed by atoms with E-state index in [0.717, 1.165) is 5.56 Å². The summed E-state index contributed by atoms with van der Waals surface area (Å²) in [5, 5.41) is 0. The number of hydrogen-bond acceptors (Lipinski definition) is 2. The lowest BCUT2D eigenvalue weighted by atomic mass is 10.2. The maximum atomic E-state index is 12.5. The number of hydrogen-bond donors (Lipinski definition) is 0. The summed E-state index contributed by atoms with van der Waals surface area (Å²) in [7, 11) is 0. The van der Waals surface area contributed by atoms with Crippen molar-refractivity contribution in [1.82, 2.24) is 4.98 Å². The fourth-order valence-electron chi connectivity index (χ4n) is 1.06. The Kier molecular flexibility index (Phi) is 2.40. The monoisotopic (exact) mass is 189 g/mol. The second kappa shape index (κ2) is 3.87. The van der Waals surface area contributed by atoms with E-state index >= 15 is 0 Å². The summed E-state index contributed by atoms with van der Waals surface area (Å²) in [4.78, 5) is 3.92. The molecule has 0 saturated carbocycles. The van der Waals surface area contributed by atoms with E-state index in [4.69, 9.17) is 4.42 Å². The molecule has 0 unspecified atom stereocenters. The number of aromatic nitrogens is 1. The number of rotatable bonds is 2. The van der Waals surface area contributed by atoms with E-state index in [2.05, 4.69) is 4.98 Å². The molecule has 70 valence electrons. The van der Waals surface area contributed by atoms with Crippen molar-refractivity contribution < 1.29 is 8.81 Å². The van der Waals surface area contributed by atoms with Crippen LogP contribution in [-0.2, 0) is 0 Å². The molecule has 1 heterocycles. The first-order chi connectivity index (χ1) is 6.84. The highest BCUT2D eigenvalue weighted by Gasteiger charge is 1.91. The molecule has 1 aromatic heterocycles. The van der Waals surface area contributed by atoms with Crippen LogP contribution in [0.3, 0.4) is 0 Å². The maximum absolute atomic E-state index is 12.5. The fraction of sp³-hybridized carbons (Fsp3) is 0. The first-order valence-electron chi connectivity index (χ1n) is 4.18. The molecule has 0 aliphatic rings. The highest BCUT2D eigenvalue weighted by atomic mass is 19.1. The molecule has 1 aromatic carbocycles. The molecule has 0 aliphatic heterocycles. The Balaban J connectivity index is 2.15. The minimum atomic E-state index is -0.238. The summed E-state index contributed by atoms with van der Waals surface area (Å²) in [6, 6.07) is 6.20. The smallest absolute Gasteiger partial charge is 0.218 e. The fourth-order valence-corrected chi connectivity index (χ4v) is 1.06. The number of oxazole rings is 1. The van der Waals surface area contributed by atoms with Crippen LogP contribution in [0.15, 0.2) is 41.1 Å². The lowest BCUT2D eigenvalue weighted by Crippen LogP contribution is -1.74. The molecule has 14 heavy (non-hydrogen) atoms. The molecule has 3 heteroatoms. The van der Waals surface area contributed by atoms with Crippen LogP contribution >= 0.6 is 0 Å². The van der Waals surface area contributed by atoms with Gasteiger partial charge in [0.1, 0.15) is 12.1 Å². The topological polar surface area (TPSA) is 26.0 Å². The third-order valence-corrected chi connectivity index (χ3v) is 1.74. The van der Waals surface area contributed by atoms with Crippen LogP contribution in [0.2, 0.25) is 0 Å². The van der Waals surface area contributed by atoms with Crippen molar-refractivity contribution in [3.8, 4) is 0 Å². The van der Waals surface area contributed by atoms with Crippen LogP contribution < -0.4 is 0 Å². The quantitative estimate of drug-likeness (QED) is 0.725. The van der Waals surface area contributed by atoms with Gasteiger partial charge in [0.25, 0.3) is 0 Å². The van der Waals surface area contributed by atoms with Crippen molar-refractivity contribution in [2.75, 3.05) is 0 Å². The lowest BCUT2D eigenvalue weighted by molar-refractivity contribution is 0.547. The second-order valence-corrected chi connectivity index (χ2v) is 2.76. The largest absolute Gasteiger partial charge is 0.445 e. The van der Waals surface area contributed by atoms with Crippen LogP contribution in [0, 0.1) is 5.82 Å². The zero-order valence-electron chi connectivity index (χ0n) is 7.35. The Morgan fingerprint density at radius 2 is 1.93 bits per heavy atom. The van der Waals surface area contributed by atoms with Crippen LogP contribution in [0.4, 0.5) is 4.39 Å². The molecule has 0 bridgehead atoms. The van der Waals surface area contributed by atoms with Crippen molar-refractivity contribution in [1.29, 1.82) is 0 Å². The van der Waals surface area contributed by atoms with Gasteiger partial charge < -0.3 is 4.42 Å². The van der Waals surface area contributed by atoms with Gasteiger partial charge in [-0.25, -0.2) is 9.37 Å². The van der Waals surface area contributed by atoms with Gasteiger partial charge in [0.2, 0.25) is 5.89 Å². The average molecular weight is 189 g/mol. The van der Waals surface area contributed by atoms with Crippen molar-refractivity contribution >= 4 is 12.2 Å². The molecule has 0 spiro atoms. The molecule has 2 rings (SSSR count). The van der Waals surface area contributed by atoms with Crippen LogP contribution in [0.25, 0.3) is 12.2 Å². The van der Waals surface area contributed by atoms with Gasteiger partial charge in [-0.15, -0.1) is 0 Å². The van der Waals surface area contributed by atoms with Crippen LogP contribution in [-0.4, -0.2) is 4.98 Å². The molecule has 0 atom stereocenters. The Labute approximate surface area is 80.7 Å². The summed E-state index contributed by atoms with van der Waals surface area (Å²) in [5.41, 5.74) is 0.907. The van der Waals surface area contributed by atoms with E-state index in [1.54, 1.807) is 24.4 Å². The van der Waals surface area contributed by atoms with Gasteiger partial charge in [0.05, 0.1) is 6.20 Å². The van der Waals surface area contributed by atoms with E-state index in [0.29, 0.717) is 5.89 Å². The Morgan fingerprint density at radius 1 is 1.14 bits per heavy atom. The van der Waals surface area contributed by atoms with Crippen molar-refractivity contribution in [2.45, 2.75) is 0 Å². The SMILES string of the molecule is Fc1ccc(/C=C/c2ncco2)cc1. The van der Waals surface area contributed by atoms with Crippen molar-refractivity contribution in [3.63, 3.8) is 0 Å². The van der Waals surface area contributed by atoms with Gasteiger partial charge in [-0.2, -0.15) is 0 Å². The standard InChI is InChI=1S/C11H8FNO/c12-10-4-1-9(2-5-10)3-6-11-13-7-8-14-11/h1-8H/b6-3+. The summed E-state index contributed by atoms with van der Waals surface area (Å²) < 4.78 is 17.6. The minimum absolute atomic E-state index is 0.238. The molecular formula is C11H8FNO. The van der Waals surface area contributed by atoms with Gasteiger partial charge in [-0.1, -0.05) is 12.1 Å². The molecule has 0 amide bonds. The molecule has 0 N–H and O–H groups in total. The van der Waals surface area contributed by atoms with Gasteiger partial charge in [0.15, 0.2) is 0 Å². The summed E-state index contributed by atoms with van der Waals surface area (Å²) in [6.07, 6.45) is 6.62. The Hall–Kier alpha value is -1.90. The zero-order valence-corrected chi connectivity index (χ0v) is 7.35. The van der Waals surface area contributed by atoms with E-state index in [9.17, 15) is 4.39 Å². The van der Waals surface area contributed by atoms with E-state index < -0.39 is 0 Å². The predicted molar refractivity (Wildman–Crippen MR) is 51.8 cm³/mol. The maximum Gasteiger partial charge on any atom is 0.218 e. The van der Waals surface area contributed by atoms with Crippen LogP contribution in [0.5, 0.6) is 0 Å². The highest BCUT2D eigenvalue weighted by molar-refractivity contribution is 5.65. The molecular weight excluding hydrogens is 181 g/mol. The third kappa shape index (κ3) is 2.07. The van der Waals surface area contributed by atoms with Gasteiger partial charge >= 0.3 is 0 Å².